The number of hydrogen-bond donors (Lipinski definition) is 1. The highest BCUT2D eigenvalue weighted by Crippen LogP contribution is 2.23. The van der Waals surface area contributed by atoms with Crippen molar-refractivity contribution in [2.75, 3.05) is 13.2 Å². The summed E-state index contributed by atoms with van der Waals surface area (Å²) in [5.41, 5.74) is 1.16. The Labute approximate surface area is 143 Å². The third-order valence-corrected chi connectivity index (χ3v) is 4.59. The van der Waals surface area contributed by atoms with E-state index in [2.05, 4.69) is 5.32 Å². The monoisotopic (exact) mass is 330 g/mol. The summed E-state index contributed by atoms with van der Waals surface area (Å²) in [4.78, 5) is 26.4. The Morgan fingerprint density at radius 3 is 2.88 bits per heavy atom. The highest BCUT2D eigenvalue weighted by molar-refractivity contribution is 5.88. The van der Waals surface area contributed by atoms with E-state index < -0.39 is 0 Å². The summed E-state index contributed by atoms with van der Waals surface area (Å²) >= 11 is 0. The van der Waals surface area contributed by atoms with Crippen molar-refractivity contribution in [2.24, 2.45) is 0 Å². The largest absolute Gasteiger partial charge is 0.494 e. The fourth-order valence-corrected chi connectivity index (χ4v) is 3.12. The zero-order valence-electron chi connectivity index (χ0n) is 14.3. The molecule has 0 radical (unpaired) electrons. The molecule has 0 spiro atoms. The number of nitrogens with one attached hydrogen (secondary N) is 1. The fourth-order valence-electron chi connectivity index (χ4n) is 3.12. The molecule has 1 saturated heterocycles. The quantitative estimate of drug-likeness (QED) is 0.781. The molecule has 0 bridgehead atoms. The average Bonchev–Trinajstić information content (AvgIpc) is 3.23. The molecule has 130 valence electrons. The minimum atomic E-state index is -0.268. The first-order valence-corrected chi connectivity index (χ1v) is 8.93. The smallest absolute Gasteiger partial charge is 0.243 e. The van der Waals surface area contributed by atoms with Gasteiger partial charge in [-0.3, -0.25) is 9.59 Å². The lowest BCUT2D eigenvalue weighted by atomic mass is 10.2. The normalized spacial score (nSPS) is 20.0. The first kappa shape index (κ1) is 16.8. The van der Waals surface area contributed by atoms with Crippen LogP contribution in [0, 0.1) is 6.92 Å². The van der Waals surface area contributed by atoms with E-state index in [4.69, 9.17) is 4.74 Å². The van der Waals surface area contributed by atoms with Crippen LogP contribution in [-0.4, -0.2) is 41.9 Å². The van der Waals surface area contributed by atoms with Crippen LogP contribution in [0.2, 0.25) is 0 Å². The van der Waals surface area contributed by atoms with Gasteiger partial charge in [0.25, 0.3) is 0 Å². The number of carbonyl (C=O) groups excluding carboxylic acids is 2. The number of likely N-dealkylation sites (tertiary alicyclic amines) is 1. The molecule has 1 saturated carbocycles. The number of amides is 2. The lowest BCUT2D eigenvalue weighted by Crippen LogP contribution is -2.46. The van der Waals surface area contributed by atoms with Crippen LogP contribution in [-0.2, 0) is 9.59 Å². The van der Waals surface area contributed by atoms with Gasteiger partial charge in [-0.05, 0) is 56.7 Å². The lowest BCUT2D eigenvalue weighted by molar-refractivity contribution is -0.138. The van der Waals surface area contributed by atoms with Crippen molar-refractivity contribution < 1.29 is 14.3 Å². The van der Waals surface area contributed by atoms with Crippen molar-refractivity contribution in [1.82, 2.24) is 10.2 Å². The number of benzene rings is 1. The summed E-state index contributed by atoms with van der Waals surface area (Å²) < 4.78 is 5.69. The summed E-state index contributed by atoms with van der Waals surface area (Å²) in [5, 5.41) is 3.02. The van der Waals surface area contributed by atoms with Gasteiger partial charge in [0.05, 0.1) is 6.61 Å². The summed E-state index contributed by atoms with van der Waals surface area (Å²) in [6.07, 6.45) is 4.93. The van der Waals surface area contributed by atoms with E-state index >= 15 is 0 Å². The van der Waals surface area contributed by atoms with E-state index in [0.29, 0.717) is 32.0 Å². The Morgan fingerprint density at radius 1 is 1.29 bits per heavy atom. The Hall–Kier alpha value is -2.04. The molecule has 1 unspecified atom stereocenters. The molecular formula is C19H26N2O3. The fraction of sp³-hybridized carbons (Fsp3) is 0.579. The van der Waals surface area contributed by atoms with E-state index in [1.54, 1.807) is 4.90 Å². The van der Waals surface area contributed by atoms with Crippen molar-refractivity contribution in [1.29, 1.82) is 0 Å². The number of rotatable bonds is 7. The third kappa shape index (κ3) is 4.49. The van der Waals surface area contributed by atoms with Gasteiger partial charge in [-0.2, -0.15) is 0 Å². The van der Waals surface area contributed by atoms with E-state index in [1.165, 1.54) is 0 Å². The minimum Gasteiger partial charge on any atom is -0.494 e. The van der Waals surface area contributed by atoms with Crippen LogP contribution in [0.1, 0.15) is 44.1 Å². The van der Waals surface area contributed by atoms with E-state index in [1.807, 2.05) is 31.2 Å². The highest BCUT2D eigenvalue weighted by atomic mass is 16.5. The molecule has 1 aliphatic carbocycles. The predicted molar refractivity (Wildman–Crippen MR) is 91.8 cm³/mol. The zero-order chi connectivity index (χ0) is 16.9. The van der Waals surface area contributed by atoms with Gasteiger partial charge in [0.2, 0.25) is 11.8 Å². The van der Waals surface area contributed by atoms with Gasteiger partial charge in [-0.25, -0.2) is 0 Å². The van der Waals surface area contributed by atoms with E-state index in [0.717, 1.165) is 37.0 Å². The second kappa shape index (κ2) is 7.69. The molecular weight excluding hydrogens is 304 g/mol. The zero-order valence-corrected chi connectivity index (χ0v) is 14.3. The molecule has 1 aliphatic heterocycles. The van der Waals surface area contributed by atoms with Crippen LogP contribution in [0.25, 0.3) is 0 Å². The molecule has 1 aromatic rings. The van der Waals surface area contributed by atoms with Gasteiger partial charge >= 0.3 is 0 Å². The van der Waals surface area contributed by atoms with Crippen molar-refractivity contribution in [3.05, 3.63) is 29.8 Å². The SMILES string of the molecule is Cc1cccc(OCCCC(=O)N2CCCC2C(=O)NC2CC2)c1. The highest BCUT2D eigenvalue weighted by Gasteiger charge is 2.36. The maximum atomic E-state index is 12.4. The van der Waals surface area contributed by atoms with Gasteiger partial charge in [0, 0.05) is 19.0 Å². The Kier molecular flexibility index (Phi) is 5.38. The van der Waals surface area contributed by atoms with Crippen molar-refractivity contribution >= 4 is 11.8 Å². The first-order valence-electron chi connectivity index (χ1n) is 8.93. The Morgan fingerprint density at radius 2 is 2.12 bits per heavy atom. The molecule has 5 heteroatoms. The van der Waals surface area contributed by atoms with E-state index in [9.17, 15) is 9.59 Å². The first-order chi connectivity index (χ1) is 11.6. The number of ether oxygens (including phenoxy) is 1. The van der Waals surface area contributed by atoms with Gasteiger partial charge in [0.15, 0.2) is 0 Å². The molecule has 24 heavy (non-hydrogen) atoms. The molecule has 1 aromatic carbocycles. The maximum Gasteiger partial charge on any atom is 0.243 e. The van der Waals surface area contributed by atoms with Crippen LogP contribution in [0.15, 0.2) is 24.3 Å². The van der Waals surface area contributed by atoms with Gasteiger partial charge in [-0.1, -0.05) is 12.1 Å². The van der Waals surface area contributed by atoms with E-state index in [-0.39, 0.29) is 17.9 Å². The van der Waals surface area contributed by atoms with Crippen LogP contribution < -0.4 is 10.1 Å². The number of hydrogen-bond acceptors (Lipinski definition) is 3. The Bertz CT molecular complexity index is 598. The molecule has 2 fully saturated rings. The molecule has 1 N–H and O–H groups in total. The Balaban J connectivity index is 1.41. The predicted octanol–water partition coefficient (Wildman–Crippen LogP) is 2.42. The van der Waals surface area contributed by atoms with Crippen LogP contribution in [0.4, 0.5) is 0 Å². The number of aryl methyl sites for hydroxylation is 1. The van der Waals surface area contributed by atoms with Gasteiger partial charge < -0.3 is 15.0 Å². The molecule has 1 heterocycles. The van der Waals surface area contributed by atoms with Crippen LogP contribution >= 0.6 is 0 Å². The van der Waals surface area contributed by atoms with Crippen molar-refractivity contribution in [3.63, 3.8) is 0 Å². The summed E-state index contributed by atoms with van der Waals surface area (Å²) in [7, 11) is 0. The lowest BCUT2D eigenvalue weighted by Gasteiger charge is -2.24. The second-order valence-corrected chi connectivity index (χ2v) is 6.80. The van der Waals surface area contributed by atoms with Crippen molar-refractivity contribution in [2.45, 2.75) is 57.5 Å². The average molecular weight is 330 g/mol. The molecule has 2 amide bonds. The molecule has 5 nitrogen and oxygen atoms in total. The van der Waals surface area contributed by atoms with Crippen LogP contribution in [0.3, 0.4) is 0 Å². The van der Waals surface area contributed by atoms with Crippen molar-refractivity contribution in [3.8, 4) is 5.75 Å². The minimum absolute atomic E-state index is 0.0272. The second-order valence-electron chi connectivity index (χ2n) is 6.80. The molecule has 1 atom stereocenters. The standard InChI is InChI=1S/C19H26N2O3/c1-14-5-2-6-16(13-14)24-12-4-8-18(22)21-11-3-7-17(21)19(23)20-15-9-10-15/h2,5-6,13,15,17H,3-4,7-12H2,1H3,(H,20,23). The summed E-state index contributed by atoms with van der Waals surface area (Å²) in [6, 6.07) is 7.97. The summed E-state index contributed by atoms with van der Waals surface area (Å²) in [5.74, 6) is 0.931. The molecule has 3 rings (SSSR count). The van der Waals surface area contributed by atoms with Gasteiger partial charge in [0.1, 0.15) is 11.8 Å². The maximum absolute atomic E-state index is 12.4. The summed E-state index contributed by atoms with van der Waals surface area (Å²) in [6.45, 7) is 3.23. The van der Waals surface area contributed by atoms with Gasteiger partial charge in [-0.15, -0.1) is 0 Å². The van der Waals surface area contributed by atoms with Crippen LogP contribution in [0.5, 0.6) is 5.75 Å². The molecule has 2 aliphatic rings. The number of nitrogens with zero attached hydrogens (tertiary/aromatic N) is 1. The topological polar surface area (TPSA) is 58.6 Å². The number of carbonyl (C=O) groups is 2. The molecule has 0 aromatic heterocycles. The third-order valence-electron chi connectivity index (χ3n) is 4.59.